The van der Waals surface area contributed by atoms with Crippen molar-refractivity contribution in [3.8, 4) is 0 Å². The summed E-state index contributed by atoms with van der Waals surface area (Å²) in [4.78, 5) is 8.32. The van der Waals surface area contributed by atoms with E-state index in [1.807, 2.05) is 13.8 Å². The lowest BCUT2D eigenvalue weighted by Gasteiger charge is -2.18. The first-order chi connectivity index (χ1) is 6.49. The average Bonchev–Trinajstić information content (AvgIpc) is 2.08. The van der Waals surface area contributed by atoms with Crippen molar-refractivity contribution < 1.29 is 4.74 Å². The van der Waals surface area contributed by atoms with Crippen molar-refractivity contribution in [1.82, 2.24) is 0 Å². The maximum atomic E-state index is 5.55. The van der Waals surface area contributed by atoms with E-state index in [0.717, 1.165) is 13.1 Å². The van der Waals surface area contributed by atoms with Gasteiger partial charge in [-0.2, -0.15) is 0 Å². The van der Waals surface area contributed by atoms with E-state index in [2.05, 4.69) is 30.8 Å². The second-order valence-electron chi connectivity index (χ2n) is 4.29. The van der Waals surface area contributed by atoms with Crippen molar-refractivity contribution in [3.05, 3.63) is 0 Å². The van der Waals surface area contributed by atoms with Crippen molar-refractivity contribution in [1.29, 1.82) is 0 Å². The molecule has 0 aromatic heterocycles. The number of aliphatic imine (C=N–C) groups is 2. The van der Waals surface area contributed by atoms with Crippen molar-refractivity contribution >= 4 is 12.1 Å². The number of hydrogen-bond acceptors (Lipinski definition) is 3. The van der Waals surface area contributed by atoms with Gasteiger partial charge in [0.25, 0.3) is 0 Å². The fourth-order valence-corrected chi connectivity index (χ4v) is 0.739. The van der Waals surface area contributed by atoms with Crippen molar-refractivity contribution in [2.75, 3.05) is 19.7 Å². The number of nitrogens with zero attached hydrogens (tertiary/aromatic N) is 2. The topological polar surface area (TPSA) is 34.0 Å². The van der Waals surface area contributed by atoms with E-state index in [4.69, 9.17) is 4.74 Å². The Hall–Kier alpha value is -0.860. The summed E-state index contributed by atoms with van der Waals surface area (Å²) in [6, 6.07) is 0. The molecule has 0 aliphatic rings. The molecule has 14 heavy (non-hydrogen) atoms. The molecule has 82 valence electrons. The molecule has 0 unspecified atom stereocenters. The highest BCUT2D eigenvalue weighted by atomic mass is 16.5. The highest BCUT2D eigenvalue weighted by Gasteiger charge is 2.11. The smallest absolute Gasteiger partial charge is 0.227 e. The zero-order chi connectivity index (χ0) is 11.0. The Kier molecular flexibility index (Phi) is 6.17. The molecule has 0 N–H and O–H groups in total. The summed E-state index contributed by atoms with van der Waals surface area (Å²) in [5, 5.41) is 0. The lowest BCUT2D eigenvalue weighted by molar-refractivity contribution is 0.190. The summed E-state index contributed by atoms with van der Waals surface area (Å²) < 4.78 is 5.55. The van der Waals surface area contributed by atoms with Gasteiger partial charge in [-0.3, -0.25) is 9.98 Å². The molecular weight excluding hydrogens is 176 g/mol. The maximum absolute atomic E-state index is 5.55. The van der Waals surface area contributed by atoms with Gasteiger partial charge >= 0.3 is 0 Å². The zero-order valence-corrected chi connectivity index (χ0v) is 10.0. The van der Waals surface area contributed by atoms with Crippen molar-refractivity contribution in [2.45, 2.75) is 34.6 Å². The van der Waals surface area contributed by atoms with Crippen LogP contribution in [0.5, 0.6) is 0 Å². The predicted molar refractivity (Wildman–Crippen MR) is 62.4 cm³/mol. The van der Waals surface area contributed by atoms with Gasteiger partial charge in [0, 0.05) is 13.1 Å². The third kappa shape index (κ3) is 7.77. The summed E-state index contributed by atoms with van der Waals surface area (Å²) >= 11 is 0. The molecule has 3 nitrogen and oxygen atoms in total. The highest BCUT2D eigenvalue weighted by molar-refractivity contribution is 6.26. The normalized spacial score (nSPS) is 13.6. The van der Waals surface area contributed by atoms with E-state index < -0.39 is 0 Å². The lowest BCUT2D eigenvalue weighted by Crippen LogP contribution is -2.19. The first-order valence-corrected chi connectivity index (χ1v) is 5.16. The van der Waals surface area contributed by atoms with E-state index in [9.17, 15) is 0 Å². The van der Waals surface area contributed by atoms with Gasteiger partial charge in [0.15, 0.2) is 0 Å². The molecule has 0 spiro atoms. The van der Waals surface area contributed by atoms with Crippen LogP contribution in [0, 0.1) is 5.41 Å². The SMILES string of the molecule is CCN=CC(=NCC)OCC(C)(C)C. The van der Waals surface area contributed by atoms with Crippen LogP contribution in [0.15, 0.2) is 9.98 Å². The van der Waals surface area contributed by atoms with Crippen LogP contribution in [0.4, 0.5) is 0 Å². The molecule has 0 atom stereocenters. The van der Waals surface area contributed by atoms with Crippen LogP contribution in [0.25, 0.3) is 0 Å². The fraction of sp³-hybridized carbons (Fsp3) is 0.818. The van der Waals surface area contributed by atoms with Crippen LogP contribution in [-0.4, -0.2) is 31.8 Å². The average molecular weight is 198 g/mol. The van der Waals surface area contributed by atoms with Crippen LogP contribution < -0.4 is 0 Å². The van der Waals surface area contributed by atoms with E-state index >= 15 is 0 Å². The Morgan fingerprint density at radius 1 is 1.21 bits per heavy atom. The standard InChI is InChI=1S/C11H22N2O/c1-6-12-8-10(13-7-2)14-9-11(3,4)5/h8H,6-7,9H2,1-5H3. The number of hydrogen-bond donors (Lipinski definition) is 0. The minimum Gasteiger partial charge on any atom is -0.476 e. The minimum atomic E-state index is 0.161. The summed E-state index contributed by atoms with van der Waals surface area (Å²) in [6.07, 6.45) is 1.70. The van der Waals surface area contributed by atoms with E-state index in [0.29, 0.717) is 12.5 Å². The number of ether oxygens (including phenoxy) is 1. The monoisotopic (exact) mass is 198 g/mol. The summed E-state index contributed by atoms with van der Waals surface area (Å²) in [7, 11) is 0. The molecule has 0 radical (unpaired) electrons. The van der Waals surface area contributed by atoms with E-state index in [-0.39, 0.29) is 5.41 Å². The van der Waals surface area contributed by atoms with E-state index in [1.165, 1.54) is 0 Å². The molecule has 0 aromatic rings. The molecule has 3 heteroatoms. The number of rotatable bonds is 4. The Morgan fingerprint density at radius 3 is 2.29 bits per heavy atom. The van der Waals surface area contributed by atoms with Gasteiger partial charge in [0.1, 0.15) is 0 Å². The second kappa shape index (κ2) is 6.57. The zero-order valence-electron chi connectivity index (χ0n) is 10.0. The first-order valence-electron chi connectivity index (χ1n) is 5.16. The van der Waals surface area contributed by atoms with E-state index in [1.54, 1.807) is 6.21 Å². The van der Waals surface area contributed by atoms with Gasteiger partial charge in [-0.05, 0) is 19.3 Å². The molecule has 0 bridgehead atoms. The van der Waals surface area contributed by atoms with Crippen LogP contribution in [0.1, 0.15) is 34.6 Å². The third-order valence-electron chi connectivity index (χ3n) is 1.35. The Morgan fingerprint density at radius 2 is 1.86 bits per heavy atom. The second-order valence-corrected chi connectivity index (χ2v) is 4.29. The molecular formula is C11H22N2O. The van der Waals surface area contributed by atoms with Crippen LogP contribution in [0.2, 0.25) is 0 Å². The molecule has 0 aromatic carbocycles. The predicted octanol–water partition coefficient (Wildman–Crippen LogP) is 2.56. The largest absolute Gasteiger partial charge is 0.476 e. The summed E-state index contributed by atoms with van der Waals surface area (Å²) in [6.45, 7) is 12.5. The molecule has 0 fully saturated rings. The van der Waals surface area contributed by atoms with Gasteiger partial charge in [0.05, 0.1) is 12.8 Å². The minimum absolute atomic E-state index is 0.161. The van der Waals surface area contributed by atoms with Gasteiger partial charge in [0.2, 0.25) is 5.90 Å². The van der Waals surface area contributed by atoms with Crippen LogP contribution >= 0.6 is 0 Å². The molecule has 0 heterocycles. The van der Waals surface area contributed by atoms with Gasteiger partial charge in [-0.1, -0.05) is 20.8 Å². The Bertz CT molecular complexity index is 202. The lowest BCUT2D eigenvalue weighted by atomic mass is 9.99. The summed E-state index contributed by atoms with van der Waals surface area (Å²) in [5.74, 6) is 0.643. The van der Waals surface area contributed by atoms with Crippen LogP contribution in [-0.2, 0) is 4.74 Å². The van der Waals surface area contributed by atoms with Crippen molar-refractivity contribution in [2.24, 2.45) is 15.4 Å². The molecule has 0 rings (SSSR count). The maximum Gasteiger partial charge on any atom is 0.227 e. The van der Waals surface area contributed by atoms with Gasteiger partial charge in [-0.25, -0.2) is 0 Å². The molecule has 0 aliphatic carbocycles. The van der Waals surface area contributed by atoms with Crippen molar-refractivity contribution in [3.63, 3.8) is 0 Å². The molecule has 0 aliphatic heterocycles. The fourth-order valence-electron chi connectivity index (χ4n) is 0.739. The highest BCUT2D eigenvalue weighted by Crippen LogP contribution is 2.12. The molecule has 0 saturated heterocycles. The van der Waals surface area contributed by atoms with Gasteiger partial charge < -0.3 is 4.74 Å². The summed E-state index contributed by atoms with van der Waals surface area (Å²) in [5.41, 5.74) is 0.161. The quantitative estimate of drug-likeness (QED) is 0.505. The molecule has 0 amide bonds. The van der Waals surface area contributed by atoms with Crippen LogP contribution in [0.3, 0.4) is 0 Å². The van der Waals surface area contributed by atoms with Gasteiger partial charge in [-0.15, -0.1) is 0 Å². The first kappa shape index (κ1) is 13.1. The Labute approximate surface area is 87.3 Å². The molecule has 0 saturated carbocycles. The third-order valence-corrected chi connectivity index (χ3v) is 1.35. The Balaban J connectivity index is 4.12.